The second-order valence-electron chi connectivity index (χ2n) is 6.42. The van der Waals surface area contributed by atoms with Crippen LogP contribution >= 0.6 is 0 Å². The van der Waals surface area contributed by atoms with Crippen LogP contribution in [0, 0.1) is 6.92 Å². The number of aromatic nitrogens is 4. The molecule has 2 N–H and O–H groups in total. The number of benzene rings is 1. The Balaban J connectivity index is 1.62. The molecule has 8 nitrogen and oxygen atoms in total. The van der Waals surface area contributed by atoms with E-state index in [0.717, 1.165) is 5.52 Å². The first-order valence-electron chi connectivity index (χ1n) is 8.50. The van der Waals surface area contributed by atoms with E-state index in [-0.39, 0.29) is 18.1 Å². The number of nitrogens with one attached hydrogen (secondary N) is 1. The van der Waals surface area contributed by atoms with Crippen molar-refractivity contribution in [2.75, 3.05) is 13.2 Å². The number of rotatable bonds is 3. The van der Waals surface area contributed by atoms with Gasteiger partial charge >= 0.3 is 0 Å². The molecule has 1 aliphatic rings. The molecule has 0 aliphatic carbocycles. The second kappa shape index (κ2) is 6.38. The molecule has 0 saturated heterocycles. The maximum absolute atomic E-state index is 12.9. The zero-order valence-corrected chi connectivity index (χ0v) is 14.4. The number of aryl methyl sites for hydroxylation is 1. The summed E-state index contributed by atoms with van der Waals surface area (Å²) in [5.74, 6) is 0.452. The van der Waals surface area contributed by atoms with Crippen LogP contribution in [0.15, 0.2) is 29.3 Å². The average molecular weight is 353 g/mol. The van der Waals surface area contributed by atoms with E-state index in [4.69, 9.17) is 5.11 Å². The van der Waals surface area contributed by atoms with Crippen LogP contribution < -0.4 is 5.56 Å². The van der Waals surface area contributed by atoms with Crippen molar-refractivity contribution < 1.29 is 9.90 Å². The van der Waals surface area contributed by atoms with Gasteiger partial charge in [0.15, 0.2) is 0 Å². The van der Waals surface area contributed by atoms with Gasteiger partial charge in [0.2, 0.25) is 0 Å². The van der Waals surface area contributed by atoms with Crippen molar-refractivity contribution in [3.8, 4) is 0 Å². The molecule has 3 aromatic rings. The third kappa shape index (κ3) is 2.78. The lowest BCUT2D eigenvalue weighted by molar-refractivity contribution is 0.0731. The fraction of sp³-hybridized carbons (Fsp3) is 0.333. The van der Waals surface area contributed by atoms with E-state index in [9.17, 15) is 9.59 Å². The first-order chi connectivity index (χ1) is 12.6. The third-order valence-electron chi connectivity index (χ3n) is 4.69. The molecule has 4 rings (SSSR count). The lowest BCUT2D eigenvalue weighted by Gasteiger charge is -2.27. The minimum absolute atomic E-state index is 0.0326. The van der Waals surface area contributed by atoms with Crippen molar-refractivity contribution in [3.63, 3.8) is 0 Å². The van der Waals surface area contributed by atoms with Gasteiger partial charge in [-0.3, -0.25) is 9.59 Å². The third-order valence-corrected chi connectivity index (χ3v) is 4.69. The van der Waals surface area contributed by atoms with Gasteiger partial charge in [-0.1, -0.05) is 0 Å². The molecule has 0 fully saturated rings. The highest BCUT2D eigenvalue weighted by atomic mass is 16.3. The minimum Gasteiger partial charge on any atom is -0.395 e. The summed E-state index contributed by atoms with van der Waals surface area (Å²) in [7, 11) is 0. The molecular formula is C18H19N5O3. The summed E-state index contributed by atoms with van der Waals surface area (Å²) in [6.45, 7) is 3.04. The Morgan fingerprint density at radius 3 is 3.04 bits per heavy atom. The summed E-state index contributed by atoms with van der Waals surface area (Å²) in [6, 6.07) is 5.37. The van der Waals surface area contributed by atoms with Crippen molar-refractivity contribution in [3.05, 3.63) is 57.5 Å². The van der Waals surface area contributed by atoms with Crippen molar-refractivity contribution in [1.82, 2.24) is 24.4 Å². The van der Waals surface area contributed by atoms with Crippen molar-refractivity contribution in [2.45, 2.75) is 26.4 Å². The van der Waals surface area contributed by atoms with Crippen LogP contribution in [0.2, 0.25) is 0 Å². The standard InChI is InChI=1S/C18H19N5O3/c1-11-20-15-9-22(5-4-13(15)17(25)21-11)18(26)12-2-3-16-14(8-12)19-10-23(16)6-7-24/h2-3,8,10,24H,4-7,9H2,1H3,(H,20,21,25). The van der Waals surface area contributed by atoms with Gasteiger partial charge in [-0.2, -0.15) is 0 Å². The van der Waals surface area contributed by atoms with Crippen molar-refractivity contribution in [1.29, 1.82) is 0 Å². The predicted molar refractivity (Wildman–Crippen MR) is 94.9 cm³/mol. The number of hydrogen-bond donors (Lipinski definition) is 2. The molecule has 1 amide bonds. The summed E-state index contributed by atoms with van der Waals surface area (Å²) < 4.78 is 1.85. The summed E-state index contributed by atoms with van der Waals surface area (Å²) in [5, 5.41) is 9.09. The molecule has 0 saturated carbocycles. The zero-order chi connectivity index (χ0) is 18.3. The molecule has 134 valence electrons. The molecule has 0 bridgehead atoms. The number of H-pyrrole nitrogens is 1. The van der Waals surface area contributed by atoms with Crippen LogP contribution in [0.25, 0.3) is 11.0 Å². The maximum Gasteiger partial charge on any atom is 0.254 e. The SMILES string of the molecule is Cc1nc2c(c(=O)[nH]1)CCN(C(=O)c1ccc3c(c1)ncn3CCO)C2. The van der Waals surface area contributed by atoms with Crippen LogP contribution in [0.5, 0.6) is 0 Å². The highest BCUT2D eigenvalue weighted by Crippen LogP contribution is 2.20. The molecule has 0 unspecified atom stereocenters. The highest BCUT2D eigenvalue weighted by molar-refractivity contribution is 5.97. The number of hydrogen-bond acceptors (Lipinski definition) is 5. The topological polar surface area (TPSA) is 104 Å². The van der Waals surface area contributed by atoms with Crippen LogP contribution in [0.3, 0.4) is 0 Å². The second-order valence-corrected chi connectivity index (χ2v) is 6.42. The molecule has 26 heavy (non-hydrogen) atoms. The fourth-order valence-corrected chi connectivity index (χ4v) is 3.40. The minimum atomic E-state index is -0.115. The number of aromatic amines is 1. The highest BCUT2D eigenvalue weighted by Gasteiger charge is 2.25. The number of aliphatic hydroxyl groups excluding tert-OH is 1. The summed E-state index contributed by atoms with van der Waals surface area (Å²) in [6.07, 6.45) is 2.16. The number of carbonyl (C=O) groups excluding carboxylic acids is 1. The Morgan fingerprint density at radius 2 is 2.23 bits per heavy atom. The number of imidazole rings is 1. The Hall–Kier alpha value is -3.00. The monoisotopic (exact) mass is 353 g/mol. The van der Waals surface area contributed by atoms with Crippen LogP contribution in [-0.2, 0) is 19.5 Å². The molecule has 0 spiro atoms. The summed E-state index contributed by atoms with van der Waals surface area (Å²) in [4.78, 5) is 38.0. The van der Waals surface area contributed by atoms with Gasteiger partial charge in [0.1, 0.15) is 5.82 Å². The lowest BCUT2D eigenvalue weighted by atomic mass is 10.0. The van der Waals surface area contributed by atoms with Gasteiger partial charge < -0.3 is 19.6 Å². The zero-order valence-electron chi connectivity index (χ0n) is 14.4. The normalized spacial score (nSPS) is 13.8. The molecule has 0 radical (unpaired) electrons. The van der Waals surface area contributed by atoms with Crippen molar-refractivity contribution >= 4 is 16.9 Å². The van der Waals surface area contributed by atoms with E-state index in [1.807, 2.05) is 10.6 Å². The number of aliphatic hydroxyl groups is 1. The molecule has 8 heteroatoms. The number of fused-ring (bicyclic) bond motifs is 2. The van der Waals surface area contributed by atoms with Gasteiger partial charge in [-0.05, 0) is 31.5 Å². The van der Waals surface area contributed by atoms with E-state index in [0.29, 0.717) is 54.2 Å². The van der Waals surface area contributed by atoms with Crippen LogP contribution in [0.1, 0.15) is 27.4 Å². The first kappa shape index (κ1) is 16.5. The van der Waals surface area contributed by atoms with E-state index in [1.54, 1.807) is 30.3 Å². The van der Waals surface area contributed by atoms with E-state index in [2.05, 4.69) is 15.0 Å². The first-order valence-corrected chi connectivity index (χ1v) is 8.50. The van der Waals surface area contributed by atoms with Gasteiger partial charge in [0.25, 0.3) is 11.5 Å². The molecule has 1 aromatic carbocycles. The van der Waals surface area contributed by atoms with Crippen LogP contribution in [0.4, 0.5) is 0 Å². The van der Waals surface area contributed by atoms with Gasteiger partial charge in [0.05, 0.1) is 36.2 Å². The lowest BCUT2D eigenvalue weighted by Crippen LogP contribution is -2.39. The Morgan fingerprint density at radius 1 is 1.38 bits per heavy atom. The molecule has 1 aliphatic heterocycles. The quantitative estimate of drug-likeness (QED) is 0.718. The van der Waals surface area contributed by atoms with E-state index < -0.39 is 0 Å². The Kier molecular flexibility index (Phi) is 4.04. The maximum atomic E-state index is 12.9. The Labute approximate surface area is 149 Å². The summed E-state index contributed by atoms with van der Waals surface area (Å²) >= 11 is 0. The molecular weight excluding hydrogens is 334 g/mol. The van der Waals surface area contributed by atoms with E-state index in [1.165, 1.54) is 0 Å². The smallest absolute Gasteiger partial charge is 0.254 e. The average Bonchev–Trinajstić information content (AvgIpc) is 3.03. The summed E-state index contributed by atoms with van der Waals surface area (Å²) in [5.41, 5.74) is 3.36. The predicted octanol–water partition coefficient (Wildman–Crippen LogP) is 0.619. The number of amides is 1. The molecule has 0 atom stereocenters. The van der Waals surface area contributed by atoms with E-state index >= 15 is 0 Å². The van der Waals surface area contributed by atoms with Crippen molar-refractivity contribution in [2.24, 2.45) is 0 Å². The van der Waals surface area contributed by atoms with Gasteiger partial charge in [-0.15, -0.1) is 0 Å². The number of nitrogens with zero attached hydrogens (tertiary/aromatic N) is 4. The Bertz CT molecular complexity index is 1050. The van der Waals surface area contributed by atoms with Gasteiger partial charge in [-0.25, -0.2) is 9.97 Å². The largest absolute Gasteiger partial charge is 0.395 e. The molecule has 2 aromatic heterocycles. The van der Waals surface area contributed by atoms with Crippen LogP contribution in [-0.4, -0.2) is 48.6 Å². The fourth-order valence-electron chi connectivity index (χ4n) is 3.40. The molecule has 3 heterocycles. The number of carbonyl (C=O) groups is 1. The van der Waals surface area contributed by atoms with Gasteiger partial charge in [0, 0.05) is 24.2 Å².